The number of nitrogens with zero attached hydrogens (tertiary/aromatic N) is 2. The molecule has 0 fully saturated rings. The van der Waals surface area contributed by atoms with Gasteiger partial charge in [-0.2, -0.15) is 0 Å². The van der Waals surface area contributed by atoms with Crippen molar-refractivity contribution in [1.29, 1.82) is 0 Å². The van der Waals surface area contributed by atoms with Crippen LogP contribution in [0.25, 0.3) is 0 Å². The molecule has 1 rings (SSSR count). The van der Waals surface area contributed by atoms with Crippen LogP contribution in [-0.4, -0.2) is 23.5 Å². The van der Waals surface area contributed by atoms with Crippen LogP contribution in [0.15, 0.2) is 11.2 Å². The molecule has 0 radical (unpaired) electrons. The van der Waals surface area contributed by atoms with Gasteiger partial charge in [-0.25, -0.2) is 9.98 Å². The van der Waals surface area contributed by atoms with E-state index in [1.54, 1.807) is 11.3 Å². The summed E-state index contributed by atoms with van der Waals surface area (Å²) in [5.74, 6) is 1.45. The first-order valence-electron chi connectivity index (χ1n) is 6.49. The van der Waals surface area contributed by atoms with Crippen molar-refractivity contribution >= 4 is 17.3 Å². The molecule has 0 aliphatic rings. The Morgan fingerprint density at radius 3 is 2.67 bits per heavy atom. The Kier molecular flexibility index (Phi) is 6.12. The summed E-state index contributed by atoms with van der Waals surface area (Å²) in [4.78, 5) is 10.1. The Bertz CT molecular complexity index is 384. The Morgan fingerprint density at radius 1 is 1.44 bits per heavy atom. The molecular weight excluding hydrogens is 244 g/mol. The molecule has 0 aliphatic heterocycles. The predicted octanol–water partition coefficient (Wildman–Crippen LogP) is 2.55. The summed E-state index contributed by atoms with van der Waals surface area (Å²) in [6.07, 6.45) is 1.90. The number of hydrogen-bond donors (Lipinski definition) is 2. The molecule has 0 spiro atoms. The number of guanidine groups is 1. The minimum Gasteiger partial charge on any atom is -0.357 e. The minimum absolute atomic E-state index is 0.404. The van der Waals surface area contributed by atoms with Crippen LogP contribution >= 0.6 is 11.3 Å². The predicted molar refractivity (Wildman–Crippen MR) is 79.1 cm³/mol. The van der Waals surface area contributed by atoms with Crippen molar-refractivity contribution in [3.8, 4) is 0 Å². The molecule has 2 N–H and O–H groups in total. The van der Waals surface area contributed by atoms with E-state index in [1.165, 1.54) is 4.88 Å². The quantitative estimate of drug-likeness (QED) is 0.637. The summed E-state index contributed by atoms with van der Waals surface area (Å²) in [6, 6.07) is 0.404. The van der Waals surface area contributed by atoms with Crippen molar-refractivity contribution < 1.29 is 0 Å². The lowest BCUT2D eigenvalue weighted by Crippen LogP contribution is -2.44. The highest BCUT2D eigenvalue weighted by Gasteiger charge is 2.08. The molecule has 1 atom stereocenters. The maximum absolute atomic E-state index is 4.56. The average Bonchev–Trinajstić information content (AvgIpc) is 2.72. The molecule has 1 aromatic rings. The highest BCUT2D eigenvalue weighted by Crippen LogP contribution is 2.11. The van der Waals surface area contributed by atoms with E-state index in [1.807, 2.05) is 6.20 Å². The Hall–Kier alpha value is -1.10. The van der Waals surface area contributed by atoms with Gasteiger partial charge in [0.2, 0.25) is 0 Å². The third-order valence-electron chi connectivity index (χ3n) is 2.75. The van der Waals surface area contributed by atoms with E-state index in [-0.39, 0.29) is 0 Å². The first kappa shape index (κ1) is 15.0. The van der Waals surface area contributed by atoms with Gasteiger partial charge in [-0.3, -0.25) is 0 Å². The molecule has 1 unspecified atom stereocenters. The van der Waals surface area contributed by atoms with E-state index in [9.17, 15) is 0 Å². The van der Waals surface area contributed by atoms with Crippen molar-refractivity contribution in [3.05, 3.63) is 16.1 Å². The van der Waals surface area contributed by atoms with Gasteiger partial charge in [0.05, 0.1) is 6.54 Å². The van der Waals surface area contributed by atoms with Crippen LogP contribution < -0.4 is 10.6 Å². The summed E-state index contributed by atoms with van der Waals surface area (Å²) in [6.45, 7) is 12.2. The number of rotatable bonds is 5. The standard InChI is InChI=1S/C13H24N4S/c1-6-14-13(17-11(5)9(2)3)16-8-12-15-7-10(4)18-12/h7,9,11H,6,8H2,1-5H3,(H2,14,16,17). The second-order valence-corrected chi connectivity index (χ2v) is 6.06. The fraction of sp³-hybridized carbons (Fsp3) is 0.692. The zero-order valence-electron chi connectivity index (χ0n) is 11.9. The molecule has 4 nitrogen and oxygen atoms in total. The summed E-state index contributed by atoms with van der Waals surface area (Å²) < 4.78 is 0. The van der Waals surface area contributed by atoms with E-state index in [2.05, 4.69) is 55.2 Å². The molecule has 1 aromatic heterocycles. The first-order valence-corrected chi connectivity index (χ1v) is 7.30. The monoisotopic (exact) mass is 268 g/mol. The van der Waals surface area contributed by atoms with E-state index in [4.69, 9.17) is 0 Å². The van der Waals surface area contributed by atoms with Gasteiger partial charge < -0.3 is 10.6 Å². The smallest absolute Gasteiger partial charge is 0.191 e. The van der Waals surface area contributed by atoms with E-state index in [0.717, 1.165) is 17.5 Å². The zero-order chi connectivity index (χ0) is 13.5. The van der Waals surface area contributed by atoms with Gasteiger partial charge in [-0.15, -0.1) is 11.3 Å². The number of aryl methyl sites for hydroxylation is 1. The second kappa shape index (κ2) is 7.36. The lowest BCUT2D eigenvalue weighted by molar-refractivity contribution is 0.481. The molecule has 0 aromatic carbocycles. The van der Waals surface area contributed by atoms with Gasteiger partial charge in [0.1, 0.15) is 5.01 Å². The molecular formula is C13H24N4S. The van der Waals surface area contributed by atoms with Crippen molar-refractivity contribution in [2.24, 2.45) is 10.9 Å². The van der Waals surface area contributed by atoms with Crippen molar-refractivity contribution in [3.63, 3.8) is 0 Å². The number of nitrogens with one attached hydrogen (secondary N) is 2. The number of thiazole rings is 1. The van der Waals surface area contributed by atoms with Crippen molar-refractivity contribution in [2.75, 3.05) is 6.54 Å². The van der Waals surface area contributed by atoms with Gasteiger partial charge in [0.15, 0.2) is 5.96 Å². The maximum Gasteiger partial charge on any atom is 0.191 e. The normalized spacial score (nSPS) is 13.8. The fourth-order valence-electron chi connectivity index (χ4n) is 1.32. The van der Waals surface area contributed by atoms with Crippen LogP contribution in [0.5, 0.6) is 0 Å². The fourth-order valence-corrected chi connectivity index (χ4v) is 2.04. The lowest BCUT2D eigenvalue weighted by Gasteiger charge is -2.20. The first-order chi connectivity index (χ1) is 8.52. The topological polar surface area (TPSA) is 49.3 Å². The molecule has 102 valence electrons. The Balaban J connectivity index is 2.60. The third-order valence-corrected chi connectivity index (χ3v) is 3.65. The third kappa shape index (κ3) is 5.04. The number of aromatic nitrogens is 1. The molecule has 5 heteroatoms. The average molecular weight is 268 g/mol. The van der Waals surface area contributed by atoms with Crippen LogP contribution in [0, 0.1) is 12.8 Å². The van der Waals surface area contributed by atoms with E-state index >= 15 is 0 Å². The number of hydrogen-bond acceptors (Lipinski definition) is 3. The molecule has 0 saturated carbocycles. The van der Waals surface area contributed by atoms with Gasteiger partial charge >= 0.3 is 0 Å². The number of aliphatic imine (C=N–C) groups is 1. The maximum atomic E-state index is 4.56. The molecule has 0 bridgehead atoms. The van der Waals surface area contributed by atoms with E-state index in [0.29, 0.717) is 18.5 Å². The van der Waals surface area contributed by atoms with E-state index < -0.39 is 0 Å². The van der Waals surface area contributed by atoms with Gasteiger partial charge in [0, 0.05) is 23.7 Å². The van der Waals surface area contributed by atoms with Gasteiger partial charge in [-0.05, 0) is 26.7 Å². The van der Waals surface area contributed by atoms with Crippen LogP contribution in [0.1, 0.15) is 37.6 Å². The largest absolute Gasteiger partial charge is 0.357 e. The summed E-state index contributed by atoms with van der Waals surface area (Å²) in [5, 5.41) is 7.73. The molecule has 0 saturated heterocycles. The Labute approximate surface area is 114 Å². The summed E-state index contributed by atoms with van der Waals surface area (Å²) in [5.41, 5.74) is 0. The summed E-state index contributed by atoms with van der Waals surface area (Å²) >= 11 is 1.70. The summed E-state index contributed by atoms with van der Waals surface area (Å²) in [7, 11) is 0. The molecule has 18 heavy (non-hydrogen) atoms. The zero-order valence-corrected chi connectivity index (χ0v) is 12.8. The van der Waals surface area contributed by atoms with Crippen LogP contribution in [0.2, 0.25) is 0 Å². The van der Waals surface area contributed by atoms with Crippen molar-refractivity contribution in [2.45, 2.75) is 47.2 Å². The second-order valence-electron chi connectivity index (χ2n) is 4.74. The SMILES string of the molecule is CCNC(=NCc1ncc(C)s1)NC(C)C(C)C. The minimum atomic E-state index is 0.404. The highest BCUT2D eigenvalue weighted by atomic mass is 32.1. The van der Waals surface area contributed by atoms with Gasteiger partial charge in [0.25, 0.3) is 0 Å². The van der Waals surface area contributed by atoms with Crippen molar-refractivity contribution in [1.82, 2.24) is 15.6 Å². The molecule has 1 heterocycles. The Morgan fingerprint density at radius 2 is 2.17 bits per heavy atom. The van der Waals surface area contributed by atoms with Crippen LogP contribution in [-0.2, 0) is 6.54 Å². The van der Waals surface area contributed by atoms with Crippen LogP contribution in [0.4, 0.5) is 0 Å². The van der Waals surface area contributed by atoms with Crippen LogP contribution in [0.3, 0.4) is 0 Å². The molecule has 0 amide bonds. The molecule has 0 aliphatic carbocycles. The lowest BCUT2D eigenvalue weighted by atomic mass is 10.1. The highest BCUT2D eigenvalue weighted by molar-refractivity contribution is 7.11. The van der Waals surface area contributed by atoms with Gasteiger partial charge in [-0.1, -0.05) is 13.8 Å².